The maximum atomic E-state index is 6.36. The summed E-state index contributed by atoms with van der Waals surface area (Å²) in [6.07, 6.45) is 5.47. The monoisotopic (exact) mass is 731 g/mol. The highest BCUT2D eigenvalue weighted by molar-refractivity contribution is 6.06. The first kappa shape index (κ1) is 32.6. The molecule has 12 rings (SSSR count). The third-order valence-electron chi connectivity index (χ3n) is 13.6. The minimum Gasteiger partial charge on any atom is -0.456 e. The van der Waals surface area contributed by atoms with E-state index >= 15 is 0 Å². The van der Waals surface area contributed by atoms with E-state index in [1.165, 1.54) is 70.2 Å². The van der Waals surface area contributed by atoms with Gasteiger partial charge in [0.1, 0.15) is 11.2 Å². The number of nitrogens with zero attached hydrogens (tertiary/aromatic N) is 1. The van der Waals surface area contributed by atoms with Gasteiger partial charge in [-0.3, -0.25) is 0 Å². The quantitative estimate of drug-likeness (QED) is 0.169. The van der Waals surface area contributed by atoms with Crippen LogP contribution in [0.25, 0.3) is 66.4 Å². The molecule has 8 aromatic carbocycles. The van der Waals surface area contributed by atoms with Crippen LogP contribution < -0.4 is 4.90 Å². The Morgan fingerprint density at radius 2 is 1.02 bits per heavy atom. The zero-order valence-electron chi connectivity index (χ0n) is 31.7. The second kappa shape index (κ2) is 12.7. The number of fused-ring (bicyclic) bond motifs is 11. The molecule has 2 bridgehead atoms. The standard InChI is InChI=1S/C55H41NO/c1-2-9-37(10-3-1)39-22-27-43(28-23-39)56(45-31-32-48-47-11-5-7-16-52(47)57-53(48)34-45)44-29-24-40(25-30-44)38-18-20-41(21-19-38)46-13-8-15-51-54(46)49-12-4-6-14-50(49)55(51)35-36-17-26-42(55)33-36/h1-16,18-25,27-32,34,36,42H,17,26,33,35H2. The van der Waals surface area contributed by atoms with E-state index in [9.17, 15) is 0 Å². The van der Waals surface area contributed by atoms with Gasteiger partial charge >= 0.3 is 0 Å². The summed E-state index contributed by atoms with van der Waals surface area (Å²) in [5.41, 5.74) is 18.7. The Balaban J connectivity index is 0.895. The van der Waals surface area contributed by atoms with Crippen LogP contribution in [0.4, 0.5) is 17.1 Å². The molecule has 3 unspecified atom stereocenters. The molecule has 0 saturated heterocycles. The van der Waals surface area contributed by atoms with E-state index in [1.54, 1.807) is 11.1 Å². The third-order valence-corrected chi connectivity index (χ3v) is 13.6. The molecule has 2 nitrogen and oxygen atoms in total. The van der Waals surface area contributed by atoms with Gasteiger partial charge in [-0.2, -0.15) is 0 Å². The van der Waals surface area contributed by atoms with Crippen LogP contribution >= 0.6 is 0 Å². The van der Waals surface area contributed by atoms with Crippen molar-refractivity contribution in [2.45, 2.75) is 31.1 Å². The first-order valence-corrected chi connectivity index (χ1v) is 20.5. The number of rotatable bonds is 6. The van der Waals surface area contributed by atoms with E-state index in [1.807, 2.05) is 12.1 Å². The largest absolute Gasteiger partial charge is 0.456 e. The van der Waals surface area contributed by atoms with Gasteiger partial charge in [0.05, 0.1) is 0 Å². The van der Waals surface area contributed by atoms with Gasteiger partial charge in [0.2, 0.25) is 0 Å². The average molecular weight is 732 g/mol. The van der Waals surface area contributed by atoms with Gasteiger partial charge in [-0.1, -0.05) is 146 Å². The molecule has 3 aliphatic rings. The van der Waals surface area contributed by atoms with E-state index in [4.69, 9.17) is 4.42 Å². The lowest BCUT2D eigenvalue weighted by atomic mass is 9.66. The predicted molar refractivity (Wildman–Crippen MR) is 236 cm³/mol. The van der Waals surface area contributed by atoms with Gasteiger partial charge in [0.15, 0.2) is 0 Å². The molecule has 0 N–H and O–H groups in total. The molecule has 0 radical (unpaired) electrons. The van der Waals surface area contributed by atoms with Crippen molar-refractivity contribution in [1.82, 2.24) is 0 Å². The van der Waals surface area contributed by atoms with Crippen LogP contribution in [0.3, 0.4) is 0 Å². The van der Waals surface area contributed by atoms with Crippen LogP contribution in [0.5, 0.6) is 0 Å². The fraction of sp³-hybridized carbons (Fsp3) is 0.127. The molecule has 2 saturated carbocycles. The lowest BCUT2D eigenvalue weighted by Gasteiger charge is -2.36. The van der Waals surface area contributed by atoms with Crippen molar-refractivity contribution in [3.05, 3.63) is 199 Å². The van der Waals surface area contributed by atoms with E-state index in [-0.39, 0.29) is 5.41 Å². The minimum atomic E-state index is 0.197. The van der Waals surface area contributed by atoms with Crippen LogP contribution in [0.1, 0.15) is 36.8 Å². The van der Waals surface area contributed by atoms with Gasteiger partial charge in [-0.25, -0.2) is 0 Å². The third kappa shape index (κ3) is 5.03. The van der Waals surface area contributed by atoms with Crippen molar-refractivity contribution in [2.24, 2.45) is 11.8 Å². The summed E-state index contributed by atoms with van der Waals surface area (Å²) in [7, 11) is 0. The lowest BCUT2D eigenvalue weighted by molar-refractivity contribution is 0.327. The van der Waals surface area contributed by atoms with Gasteiger partial charge in [0, 0.05) is 39.3 Å². The van der Waals surface area contributed by atoms with Crippen LogP contribution in [0.15, 0.2) is 192 Å². The molecular weight excluding hydrogens is 691 g/mol. The summed E-state index contributed by atoms with van der Waals surface area (Å²) in [5, 5.41) is 2.27. The molecule has 2 heteroatoms. The lowest BCUT2D eigenvalue weighted by Crippen LogP contribution is -2.31. The highest BCUT2D eigenvalue weighted by atomic mass is 16.3. The summed E-state index contributed by atoms with van der Waals surface area (Å²) < 4.78 is 6.36. The van der Waals surface area contributed by atoms with Crippen molar-refractivity contribution in [2.75, 3.05) is 4.90 Å². The number of hydrogen-bond donors (Lipinski definition) is 0. The second-order valence-corrected chi connectivity index (χ2v) is 16.5. The zero-order valence-corrected chi connectivity index (χ0v) is 31.7. The van der Waals surface area contributed by atoms with E-state index < -0.39 is 0 Å². The Morgan fingerprint density at radius 1 is 0.439 bits per heavy atom. The Kier molecular flexibility index (Phi) is 7.26. The maximum absolute atomic E-state index is 6.36. The molecule has 272 valence electrons. The van der Waals surface area contributed by atoms with Gasteiger partial charge in [-0.15, -0.1) is 0 Å². The topological polar surface area (TPSA) is 16.4 Å². The molecule has 2 fully saturated rings. The van der Waals surface area contributed by atoms with Crippen molar-refractivity contribution in [3.63, 3.8) is 0 Å². The Bertz CT molecular complexity index is 2960. The summed E-state index contributed by atoms with van der Waals surface area (Å²) in [4.78, 5) is 2.32. The van der Waals surface area contributed by atoms with Crippen LogP contribution in [-0.4, -0.2) is 0 Å². The van der Waals surface area contributed by atoms with Crippen LogP contribution in [0.2, 0.25) is 0 Å². The molecule has 9 aromatic rings. The molecule has 1 spiro atoms. The van der Waals surface area contributed by atoms with Crippen molar-refractivity contribution in [1.29, 1.82) is 0 Å². The van der Waals surface area contributed by atoms with E-state index in [0.29, 0.717) is 0 Å². The average Bonchev–Trinajstić information content (AvgIpc) is 4.06. The number of furan rings is 1. The molecule has 0 aliphatic heterocycles. The van der Waals surface area contributed by atoms with Crippen molar-refractivity contribution < 1.29 is 4.42 Å². The highest BCUT2D eigenvalue weighted by Gasteiger charge is 2.56. The molecule has 57 heavy (non-hydrogen) atoms. The first-order chi connectivity index (χ1) is 28.2. The molecule has 1 heterocycles. The number of hydrogen-bond acceptors (Lipinski definition) is 2. The van der Waals surface area contributed by atoms with Crippen LogP contribution in [-0.2, 0) is 5.41 Å². The molecule has 3 aliphatic carbocycles. The van der Waals surface area contributed by atoms with Crippen molar-refractivity contribution in [3.8, 4) is 44.5 Å². The first-order valence-electron chi connectivity index (χ1n) is 20.5. The number of para-hydroxylation sites is 1. The number of benzene rings is 8. The predicted octanol–water partition coefficient (Wildman–Crippen LogP) is 15.1. The Morgan fingerprint density at radius 3 is 1.74 bits per heavy atom. The summed E-state index contributed by atoms with van der Waals surface area (Å²) >= 11 is 0. The van der Waals surface area contributed by atoms with Gasteiger partial charge < -0.3 is 9.32 Å². The molecule has 1 aromatic heterocycles. The highest BCUT2D eigenvalue weighted by Crippen LogP contribution is 2.66. The van der Waals surface area contributed by atoms with Gasteiger partial charge in [-0.05, 0) is 129 Å². The summed E-state index contributed by atoms with van der Waals surface area (Å²) in [5.74, 6) is 1.64. The normalized spacial score (nSPS) is 19.0. The fourth-order valence-electron chi connectivity index (χ4n) is 11.1. The zero-order chi connectivity index (χ0) is 37.5. The van der Waals surface area contributed by atoms with Crippen molar-refractivity contribution >= 4 is 39.0 Å². The fourth-order valence-corrected chi connectivity index (χ4v) is 11.1. The molecule has 0 amide bonds. The Hall–Kier alpha value is -6.64. The summed E-state index contributed by atoms with van der Waals surface area (Å²) in [6.45, 7) is 0. The second-order valence-electron chi connectivity index (χ2n) is 16.5. The minimum absolute atomic E-state index is 0.197. The SMILES string of the molecule is c1ccc(-c2ccc(N(c3ccc(-c4ccc(-c5cccc6c5-c5ccccc5C65CC6CCC5C6)cc4)cc3)c3ccc4c(c3)oc3ccccc34)cc2)cc1. The maximum Gasteiger partial charge on any atom is 0.137 e. The van der Waals surface area contributed by atoms with Crippen LogP contribution in [0, 0.1) is 11.8 Å². The Labute approximate surface area is 333 Å². The number of anilines is 3. The molecular formula is C55H41NO. The van der Waals surface area contributed by atoms with E-state index in [2.05, 4.69) is 181 Å². The van der Waals surface area contributed by atoms with Gasteiger partial charge in [0.25, 0.3) is 0 Å². The van der Waals surface area contributed by atoms with E-state index in [0.717, 1.165) is 50.8 Å². The molecule has 3 atom stereocenters. The summed E-state index contributed by atoms with van der Waals surface area (Å²) in [6, 6.07) is 68.9. The smallest absolute Gasteiger partial charge is 0.137 e.